The molecule has 29 heavy (non-hydrogen) atoms. The van der Waals surface area contributed by atoms with Crippen molar-refractivity contribution in [3.8, 4) is 0 Å². The van der Waals surface area contributed by atoms with Crippen LogP contribution in [0.4, 0.5) is 0 Å². The van der Waals surface area contributed by atoms with Gasteiger partial charge in [0.2, 0.25) is 5.91 Å². The third-order valence-corrected chi connectivity index (χ3v) is 5.82. The number of halogens is 3. The molecule has 1 aromatic heterocycles. The van der Waals surface area contributed by atoms with Gasteiger partial charge in [-0.3, -0.25) is 9.69 Å². The molecule has 9 heteroatoms. The Balaban J connectivity index is 1.42. The summed E-state index contributed by atoms with van der Waals surface area (Å²) in [4.78, 5) is 22.3. The van der Waals surface area contributed by atoms with Gasteiger partial charge in [0.25, 0.3) is 0 Å². The molecule has 4 rings (SSSR count). The number of imidazole rings is 1. The third-order valence-electron chi connectivity index (χ3n) is 5.00. The van der Waals surface area contributed by atoms with E-state index in [4.69, 9.17) is 34.8 Å². The molecule has 1 saturated heterocycles. The molecule has 2 heterocycles. The lowest BCUT2D eigenvalue weighted by Crippen LogP contribution is -2.42. The van der Waals surface area contributed by atoms with Gasteiger partial charge >= 0.3 is 0 Å². The van der Waals surface area contributed by atoms with Gasteiger partial charge < -0.3 is 15.4 Å². The summed E-state index contributed by atoms with van der Waals surface area (Å²) in [6.07, 6.45) is -0.197. The van der Waals surface area contributed by atoms with Gasteiger partial charge in [-0.25, -0.2) is 4.98 Å². The summed E-state index contributed by atoms with van der Waals surface area (Å²) in [6, 6.07) is 10.2. The summed E-state index contributed by atoms with van der Waals surface area (Å²) in [5.41, 5.74) is 2.46. The second-order valence-electron chi connectivity index (χ2n) is 7.13. The number of hydrogen-bond donors (Lipinski definition) is 3. The van der Waals surface area contributed by atoms with Crippen LogP contribution in [0.2, 0.25) is 15.1 Å². The fourth-order valence-electron chi connectivity index (χ4n) is 3.60. The van der Waals surface area contributed by atoms with Gasteiger partial charge in [-0.15, -0.1) is 0 Å². The van der Waals surface area contributed by atoms with Gasteiger partial charge in [0.15, 0.2) is 0 Å². The van der Waals surface area contributed by atoms with Crippen molar-refractivity contribution in [3.05, 3.63) is 62.9 Å². The summed E-state index contributed by atoms with van der Waals surface area (Å²) in [5.74, 6) is 0.478. The fourth-order valence-corrected chi connectivity index (χ4v) is 4.24. The Morgan fingerprint density at radius 2 is 1.97 bits per heavy atom. The molecular formula is C20H19Cl3N4O2. The molecule has 152 valence electrons. The molecule has 6 nitrogen and oxygen atoms in total. The van der Waals surface area contributed by atoms with Gasteiger partial charge in [-0.2, -0.15) is 0 Å². The predicted molar refractivity (Wildman–Crippen MR) is 114 cm³/mol. The molecule has 0 unspecified atom stereocenters. The molecule has 0 bridgehead atoms. The number of hydrogen-bond acceptors (Lipinski definition) is 4. The van der Waals surface area contributed by atoms with Crippen LogP contribution in [0.25, 0.3) is 11.0 Å². The molecule has 1 aliphatic rings. The number of aliphatic hydroxyl groups is 1. The largest absolute Gasteiger partial charge is 0.392 e. The van der Waals surface area contributed by atoms with Crippen LogP contribution in [0.15, 0.2) is 36.4 Å². The zero-order chi connectivity index (χ0) is 20.5. The standard InChI is InChI=1S/C20H19Cl3N4O2/c21-12-2-1-11(15(23)5-12)9-27-10-14(28)7-18(27)20(29)24-8-19-25-16-4-3-13(22)6-17(16)26-19/h1-6,14,18,28H,7-10H2,(H,24,29)(H,25,26)/t14-,18+/m1/s1. The highest BCUT2D eigenvalue weighted by Gasteiger charge is 2.36. The number of H-pyrrole nitrogens is 1. The minimum Gasteiger partial charge on any atom is -0.392 e. The number of β-amino-alcohol motifs (C(OH)–C–C–N with tert-alkyl or cyclic N) is 1. The van der Waals surface area contributed by atoms with E-state index in [9.17, 15) is 9.90 Å². The van der Waals surface area contributed by atoms with Crippen LogP contribution in [0.5, 0.6) is 0 Å². The second-order valence-corrected chi connectivity index (χ2v) is 8.41. The summed E-state index contributed by atoms with van der Waals surface area (Å²) in [5, 5.41) is 14.7. The van der Waals surface area contributed by atoms with Crippen molar-refractivity contribution in [2.75, 3.05) is 6.54 Å². The van der Waals surface area contributed by atoms with Gasteiger partial charge in [0, 0.05) is 28.2 Å². The molecular weight excluding hydrogens is 435 g/mol. The van der Waals surface area contributed by atoms with E-state index in [0.29, 0.717) is 40.4 Å². The van der Waals surface area contributed by atoms with Crippen LogP contribution in [0, 0.1) is 0 Å². The highest BCUT2D eigenvalue weighted by Crippen LogP contribution is 2.26. The maximum atomic E-state index is 12.8. The number of nitrogens with one attached hydrogen (secondary N) is 2. The minimum absolute atomic E-state index is 0.162. The lowest BCUT2D eigenvalue weighted by molar-refractivity contribution is -0.125. The highest BCUT2D eigenvalue weighted by atomic mass is 35.5. The van der Waals surface area contributed by atoms with Crippen LogP contribution in [-0.2, 0) is 17.9 Å². The molecule has 0 spiro atoms. The Morgan fingerprint density at radius 1 is 1.21 bits per heavy atom. The first-order chi connectivity index (χ1) is 13.9. The quantitative estimate of drug-likeness (QED) is 0.549. The Morgan fingerprint density at radius 3 is 2.76 bits per heavy atom. The average Bonchev–Trinajstić information content (AvgIpc) is 3.24. The van der Waals surface area contributed by atoms with Crippen LogP contribution >= 0.6 is 34.8 Å². The van der Waals surface area contributed by atoms with Crippen molar-refractivity contribution in [3.63, 3.8) is 0 Å². The number of aromatic amines is 1. The molecule has 0 saturated carbocycles. The molecule has 2 atom stereocenters. The van der Waals surface area contributed by atoms with Crippen molar-refractivity contribution in [1.82, 2.24) is 20.2 Å². The molecule has 1 fully saturated rings. The van der Waals surface area contributed by atoms with Crippen LogP contribution in [0.1, 0.15) is 17.8 Å². The Hall–Kier alpha value is -1.83. The molecule has 3 aromatic rings. The zero-order valence-corrected chi connectivity index (χ0v) is 17.6. The van der Waals surface area contributed by atoms with Gasteiger partial charge in [-0.1, -0.05) is 40.9 Å². The fraction of sp³-hybridized carbons (Fsp3) is 0.300. The molecule has 3 N–H and O–H groups in total. The monoisotopic (exact) mass is 452 g/mol. The van der Waals surface area contributed by atoms with E-state index < -0.39 is 12.1 Å². The molecule has 2 aromatic carbocycles. The molecule has 1 aliphatic heterocycles. The summed E-state index contributed by atoms with van der Waals surface area (Å²) in [7, 11) is 0. The maximum absolute atomic E-state index is 12.8. The number of nitrogens with zero attached hydrogens (tertiary/aromatic N) is 2. The first-order valence-corrected chi connectivity index (χ1v) is 10.3. The number of carbonyl (C=O) groups is 1. The van der Waals surface area contributed by atoms with Crippen molar-refractivity contribution in [1.29, 1.82) is 0 Å². The van der Waals surface area contributed by atoms with Gasteiger partial charge in [0.05, 0.1) is 29.7 Å². The summed E-state index contributed by atoms with van der Waals surface area (Å²) < 4.78 is 0. The predicted octanol–water partition coefficient (Wildman–Crippen LogP) is 3.77. The minimum atomic E-state index is -0.565. The number of likely N-dealkylation sites (tertiary alicyclic amines) is 1. The van der Waals surface area contributed by atoms with E-state index in [2.05, 4.69) is 15.3 Å². The van der Waals surface area contributed by atoms with E-state index in [1.807, 2.05) is 17.0 Å². The molecule has 1 amide bonds. The molecule has 0 radical (unpaired) electrons. The number of aliphatic hydroxyl groups excluding tert-OH is 1. The van der Waals surface area contributed by atoms with E-state index in [-0.39, 0.29) is 12.5 Å². The normalized spacial score (nSPS) is 19.7. The van der Waals surface area contributed by atoms with Gasteiger partial charge in [0.1, 0.15) is 5.82 Å². The van der Waals surface area contributed by atoms with Crippen LogP contribution < -0.4 is 5.32 Å². The number of aromatic nitrogens is 2. The van der Waals surface area contributed by atoms with E-state index >= 15 is 0 Å². The number of fused-ring (bicyclic) bond motifs is 1. The van der Waals surface area contributed by atoms with E-state index in [1.54, 1.807) is 24.3 Å². The van der Waals surface area contributed by atoms with Crippen LogP contribution in [-0.4, -0.2) is 44.6 Å². The Kier molecular flexibility index (Phi) is 5.99. The maximum Gasteiger partial charge on any atom is 0.237 e. The lowest BCUT2D eigenvalue weighted by atomic mass is 10.1. The number of benzene rings is 2. The highest BCUT2D eigenvalue weighted by molar-refractivity contribution is 6.35. The smallest absolute Gasteiger partial charge is 0.237 e. The lowest BCUT2D eigenvalue weighted by Gasteiger charge is -2.23. The van der Waals surface area contributed by atoms with Crippen molar-refractivity contribution >= 4 is 51.7 Å². The first kappa shape index (κ1) is 20.4. The summed E-state index contributed by atoms with van der Waals surface area (Å²) in [6.45, 7) is 1.11. The Bertz CT molecular complexity index is 1060. The topological polar surface area (TPSA) is 81.2 Å². The van der Waals surface area contributed by atoms with Crippen molar-refractivity contribution in [2.24, 2.45) is 0 Å². The summed E-state index contributed by atoms with van der Waals surface area (Å²) >= 11 is 18.2. The second kappa shape index (κ2) is 8.50. The number of rotatable bonds is 5. The SMILES string of the molecule is O=C(NCc1nc2ccc(Cl)cc2[nH]1)[C@@H]1C[C@@H](O)CN1Cc1ccc(Cl)cc1Cl. The van der Waals surface area contributed by atoms with E-state index in [0.717, 1.165) is 16.6 Å². The van der Waals surface area contributed by atoms with Gasteiger partial charge in [-0.05, 0) is 42.3 Å². The molecule has 0 aliphatic carbocycles. The third kappa shape index (κ3) is 4.68. The van der Waals surface area contributed by atoms with Crippen molar-refractivity contribution < 1.29 is 9.90 Å². The first-order valence-electron chi connectivity index (χ1n) is 9.17. The zero-order valence-electron chi connectivity index (χ0n) is 15.3. The van der Waals surface area contributed by atoms with Crippen molar-refractivity contribution in [2.45, 2.75) is 31.7 Å². The van der Waals surface area contributed by atoms with E-state index in [1.165, 1.54) is 0 Å². The van der Waals surface area contributed by atoms with Crippen LogP contribution in [0.3, 0.4) is 0 Å². The number of carbonyl (C=O) groups excluding carboxylic acids is 1. The Labute approximate surface area is 182 Å². The average molecular weight is 454 g/mol. The number of amides is 1.